The average molecular weight is 298 g/mol. The summed E-state index contributed by atoms with van der Waals surface area (Å²) in [6, 6.07) is 8.34. The predicted octanol–water partition coefficient (Wildman–Crippen LogP) is 1.40. The molecule has 5 heteroatoms. The molecule has 2 aromatic rings. The molecular weight excluding hydrogens is 276 g/mol. The molecule has 116 valence electrons. The quantitative estimate of drug-likeness (QED) is 0.847. The molecule has 22 heavy (non-hydrogen) atoms. The van der Waals surface area contributed by atoms with Crippen LogP contribution in [0, 0.1) is 11.8 Å². The lowest BCUT2D eigenvalue weighted by molar-refractivity contribution is -0.126. The minimum atomic E-state index is 0.0850. The van der Waals surface area contributed by atoms with E-state index in [0.29, 0.717) is 12.5 Å². The minimum absolute atomic E-state index is 0.0850. The first kappa shape index (κ1) is 14.8. The second-order valence-corrected chi connectivity index (χ2v) is 5.98. The highest BCUT2D eigenvalue weighted by Crippen LogP contribution is 2.16. The van der Waals surface area contributed by atoms with Crippen LogP contribution in [-0.4, -0.2) is 28.5 Å². The van der Waals surface area contributed by atoms with Crippen LogP contribution in [0.5, 0.6) is 0 Å². The number of rotatable bonds is 6. The Morgan fingerprint density at radius 1 is 1.36 bits per heavy atom. The Morgan fingerprint density at radius 2 is 2.09 bits per heavy atom. The molecule has 2 N–H and O–H groups in total. The third-order valence-corrected chi connectivity index (χ3v) is 4.35. The summed E-state index contributed by atoms with van der Waals surface area (Å²) in [7, 11) is 0. The number of carbonyl (C=O) groups is 1. The zero-order valence-electron chi connectivity index (χ0n) is 12.8. The van der Waals surface area contributed by atoms with Crippen LogP contribution in [0.4, 0.5) is 0 Å². The molecule has 1 aliphatic rings. The van der Waals surface area contributed by atoms with Gasteiger partial charge in [-0.05, 0) is 30.1 Å². The van der Waals surface area contributed by atoms with Crippen molar-refractivity contribution in [3.05, 3.63) is 54.1 Å². The van der Waals surface area contributed by atoms with Gasteiger partial charge in [-0.15, -0.1) is 0 Å². The maximum atomic E-state index is 12.1. The second kappa shape index (κ2) is 6.75. The number of nitrogens with zero attached hydrogens (tertiary/aromatic N) is 2. The summed E-state index contributed by atoms with van der Waals surface area (Å²) in [5.74, 6) is 0.716. The number of hydrogen-bond donors (Lipinski definition) is 2. The summed E-state index contributed by atoms with van der Waals surface area (Å²) in [6.07, 6.45) is 5.54. The van der Waals surface area contributed by atoms with Gasteiger partial charge in [0.05, 0.1) is 6.33 Å². The lowest BCUT2D eigenvalue weighted by atomic mass is 9.88. The van der Waals surface area contributed by atoms with Crippen LogP contribution >= 0.6 is 0 Å². The molecule has 1 aromatic carbocycles. The van der Waals surface area contributed by atoms with Crippen LogP contribution in [0.25, 0.3) is 0 Å². The molecule has 3 rings (SSSR count). The highest BCUT2D eigenvalue weighted by molar-refractivity contribution is 5.78. The Labute approximate surface area is 130 Å². The first-order chi connectivity index (χ1) is 10.7. The van der Waals surface area contributed by atoms with E-state index in [1.54, 1.807) is 6.20 Å². The van der Waals surface area contributed by atoms with Gasteiger partial charge in [0.15, 0.2) is 0 Å². The minimum Gasteiger partial charge on any atom is -0.352 e. The normalized spacial score (nSPS) is 16.0. The molecule has 0 saturated carbocycles. The summed E-state index contributed by atoms with van der Waals surface area (Å²) in [5, 5.41) is 6.24. The van der Waals surface area contributed by atoms with Crippen molar-refractivity contribution in [2.75, 3.05) is 13.1 Å². The first-order valence-corrected chi connectivity index (χ1v) is 7.74. The van der Waals surface area contributed by atoms with Gasteiger partial charge in [0, 0.05) is 31.4 Å². The second-order valence-electron chi connectivity index (χ2n) is 5.98. The maximum Gasteiger partial charge on any atom is 0.223 e. The number of nitrogens with one attached hydrogen (secondary N) is 2. The van der Waals surface area contributed by atoms with Crippen molar-refractivity contribution in [2.24, 2.45) is 11.8 Å². The van der Waals surface area contributed by atoms with Gasteiger partial charge < -0.3 is 15.2 Å². The topological polar surface area (TPSA) is 59.0 Å². The summed E-state index contributed by atoms with van der Waals surface area (Å²) in [4.78, 5) is 16.1. The number of benzene rings is 1. The summed E-state index contributed by atoms with van der Waals surface area (Å²) in [6.45, 7) is 5.33. The first-order valence-electron chi connectivity index (χ1n) is 7.74. The van der Waals surface area contributed by atoms with Crippen molar-refractivity contribution in [1.82, 2.24) is 20.2 Å². The smallest absolute Gasteiger partial charge is 0.223 e. The molecule has 2 heterocycles. The highest BCUT2D eigenvalue weighted by atomic mass is 16.1. The van der Waals surface area contributed by atoms with Crippen LogP contribution in [0.1, 0.15) is 18.1 Å². The van der Waals surface area contributed by atoms with Gasteiger partial charge in [-0.25, -0.2) is 4.98 Å². The van der Waals surface area contributed by atoms with Crippen LogP contribution in [0.2, 0.25) is 0 Å². The zero-order chi connectivity index (χ0) is 15.4. The molecule has 1 unspecified atom stereocenters. The van der Waals surface area contributed by atoms with Gasteiger partial charge in [-0.1, -0.05) is 31.2 Å². The van der Waals surface area contributed by atoms with Gasteiger partial charge in [-0.3, -0.25) is 4.79 Å². The fraction of sp³-hybridized carbons (Fsp3) is 0.412. The fourth-order valence-corrected chi connectivity index (χ4v) is 2.58. The highest BCUT2D eigenvalue weighted by Gasteiger charge is 2.28. The lowest BCUT2D eigenvalue weighted by Crippen LogP contribution is -2.49. The summed E-state index contributed by atoms with van der Waals surface area (Å²) in [5.41, 5.74) is 2.35. The van der Waals surface area contributed by atoms with Gasteiger partial charge >= 0.3 is 0 Å². The van der Waals surface area contributed by atoms with E-state index in [1.165, 1.54) is 5.56 Å². The lowest BCUT2D eigenvalue weighted by Gasteiger charge is -2.31. The number of imidazole rings is 1. The van der Waals surface area contributed by atoms with Crippen LogP contribution < -0.4 is 10.6 Å². The van der Waals surface area contributed by atoms with Gasteiger partial charge in [0.1, 0.15) is 0 Å². The standard InChI is InChI=1S/C17H22N4O/c1-13(16-9-19-10-16)17(22)20-8-14-2-4-15(5-3-14)11-21-7-6-18-12-21/h2-7,12-13,16,19H,8-11H2,1H3,(H,20,22). The van der Waals surface area contributed by atoms with Crippen LogP contribution in [0.3, 0.4) is 0 Å². The molecule has 0 radical (unpaired) electrons. The van der Waals surface area contributed by atoms with Crippen LogP contribution in [0.15, 0.2) is 43.0 Å². The van der Waals surface area contributed by atoms with Gasteiger partial charge in [0.2, 0.25) is 5.91 Å². The van der Waals surface area contributed by atoms with Crippen molar-refractivity contribution in [2.45, 2.75) is 20.0 Å². The van der Waals surface area contributed by atoms with E-state index in [4.69, 9.17) is 0 Å². The van der Waals surface area contributed by atoms with Crippen molar-refractivity contribution >= 4 is 5.91 Å². The Morgan fingerprint density at radius 3 is 2.68 bits per heavy atom. The monoisotopic (exact) mass is 298 g/mol. The Hall–Kier alpha value is -2.14. The molecule has 1 aliphatic heterocycles. The molecule has 0 spiro atoms. The molecule has 1 amide bonds. The van der Waals surface area contributed by atoms with E-state index in [1.807, 2.05) is 24.0 Å². The summed E-state index contributed by atoms with van der Waals surface area (Å²) < 4.78 is 2.03. The van der Waals surface area contributed by atoms with Gasteiger partial charge in [0.25, 0.3) is 0 Å². The Kier molecular flexibility index (Phi) is 4.53. The Bertz CT molecular complexity index is 602. The molecule has 1 aromatic heterocycles. The van der Waals surface area contributed by atoms with Crippen molar-refractivity contribution < 1.29 is 4.79 Å². The third kappa shape index (κ3) is 3.54. The number of aromatic nitrogens is 2. The van der Waals surface area contributed by atoms with Gasteiger partial charge in [-0.2, -0.15) is 0 Å². The molecule has 0 aliphatic carbocycles. The molecule has 1 fully saturated rings. The summed E-state index contributed by atoms with van der Waals surface area (Å²) >= 11 is 0. The molecule has 1 saturated heterocycles. The molecular formula is C17H22N4O. The largest absolute Gasteiger partial charge is 0.352 e. The Balaban J connectivity index is 1.49. The molecule has 5 nitrogen and oxygen atoms in total. The number of amides is 1. The zero-order valence-corrected chi connectivity index (χ0v) is 12.8. The maximum absolute atomic E-state index is 12.1. The van der Waals surface area contributed by atoms with E-state index in [-0.39, 0.29) is 11.8 Å². The van der Waals surface area contributed by atoms with E-state index in [9.17, 15) is 4.79 Å². The van der Waals surface area contributed by atoms with Crippen molar-refractivity contribution in [1.29, 1.82) is 0 Å². The van der Waals surface area contributed by atoms with Crippen molar-refractivity contribution in [3.63, 3.8) is 0 Å². The van der Waals surface area contributed by atoms with Crippen molar-refractivity contribution in [3.8, 4) is 0 Å². The van der Waals surface area contributed by atoms with E-state index in [2.05, 4.69) is 39.9 Å². The number of hydrogen-bond acceptors (Lipinski definition) is 3. The SMILES string of the molecule is CC(C(=O)NCc1ccc(Cn2ccnc2)cc1)C1CNC1. The average Bonchev–Trinajstić information content (AvgIpc) is 2.97. The van der Waals surface area contributed by atoms with Crippen LogP contribution in [-0.2, 0) is 17.9 Å². The third-order valence-electron chi connectivity index (χ3n) is 4.35. The number of carbonyl (C=O) groups excluding carboxylic acids is 1. The van der Waals surface area contributed by atoms with E-state index >= 15 is 0 Å². The predicted molar refractivity (Wildman–Crippen MR) is 85.1 cm³/mol. The fourth-order valence-electron chi connectivity index (χ4n) is 2.58. The van der Waals surface area contributed by atoms with E-state index < -0.39 is 0 Å². The van der Waals surface area contributed by atoms with E-state index in [0.717, 1.165) is 25.2 Å². The molecule has 0 bridgehead atoms. The molecule has 1 atom stereocenters.